The van der Waals surface area contributed by atoms with Gasteiger partial charge in [0.15, 0.2) is 0 Å². The van der Waals surface area contributed by atoms with Crippen molar-refractivity contribution < 1.29 is 0 Å². The Labute approximate surface area is 139 Å². The van der Waals surface area contributed by atoms with Crippen molar-refractivity contribution in [3.63, 3.8) is 0 Å². The van der Waals surface area contributed by atoms with E-state index in [1.807, 2.05) is 13.0 Å². The minimum Gasteiger partial charge on any atom is -0.370 e. The van der Waals surface area contributed by atoms with E-state index in [1.165, 1.54) is 11.1 Å². The van der Waals surface area contributed by atoms with Gasteiger partial charge in [-0.1, -0.05) is 12.1 Å². The third-order valence-electron chi connectivity index (χ3n) is 3.58. The monoisotopic (exact) mass is 313 g/mol. The molecular weight excluding hydrogens is 286 g/mol. The summed E-state index contributed by atoms with van der Waals surface area (Å²) in [4.78, 5) is 11.2. The third kappa shape index (κ3) is 5.53. The van der Waals surface area contributed by atoms with Crippen molar-refractivity contribution in [2.75, 3.05) is 37.8 Å². The summed E-state index contributed by atoms with van der Waals surface area (Å²) in [6, 6.07) is 8.30. The summed E-state index contributed by atoms with van der Waals surface area (Å²) in [5.74, 6) is 1.50. The fourth-order valence-corrected chi connectivity index (χ4v) is 2.32. The van der Waals surface area contributed by atoms with E-state index in [4.69, 9.17) is 0 Å². The average molecular weight is 313 g/mol. The van der Waals surface area contributed by atoms with Crippen LogP contribution in [0, 0.1) is 20.8 Å². The first-order valence-corrected chi connectivity index (χ1v) is 8.02. The quantitative estimate of drug-likeness (QED) is 0.766. The van der Waals surface area contributed by atoms with Gasteiger partial charge in [-0.05, 0) is 65.0 Å². The van der Waals surface area contributed by atoms with Gasteiger partial charge in [0.2, 0.25) is 5.95 Å². The zero-order valence-electron chi connectivity index (χ0n) is 14.8. The third-order valence-corrected chi connectivity index (χ3v) is 3.58. The smallest absolute Gasteiger partial charge is 0.229 e. The summed E-state index contributed by atoms with van der Waals surface area (Å²) < 4.78 is 0. The van der Waals surface area contributed by atoms with Gasteiger partial charge in [0.1, 0.15) is 5.82 Å². The molecule has 2 N–H and O–H groups in total. The molecule has 0 unspecified atom stereocenters. The second kappa shape index (κ2) is 7.92. The molecule has 1 heterocycles. The zero-order valence-corrected chi connectivity index (χ0v) is 14.8. The number of aromatic nitrogens is 2. The second-order valence-corrected chi connectivity index (χ2v) is 6.25. The molecule has 1 aromatic carbocycles. The van der Waals surface area contributed by atoms with Crippen LogP contribution in [0.5, 0.6) is 0 Å². The van der Waals surface area contributed by atoms with E-state index in [0.717, 1.165) is 36.7 Å². The molecule has 2 aromatic rings. The predicted molar refractivity (Wildman–Crippen MR) is 97.6 cm³/mol. The molecular formula is C18H27N5. The molecule has 0 aliphatic heterocycles. The van der Waals surface area contributed by atoms with Gasteiger partial charge < -0.3 is 15.5 Å². The van der Waals surface area contributed by atoms with Crippen molar-refractivity contribution in [1.82, 2.24) is 14.9 Å². The number of hydrogen-bond acceptors (Lipinski definition) is 5. The van der Waals surface area contributed by atoms with Crippen molar-refractivity contribution in [3.05, 3.63) is 41.1 Å². The molecule has 0 atom stereocenters. The summed E-state index contributed by atoms with van der Waals surface area (Å²) in [6.45, 7) is 8.11. The number of rotatable bonds is 7. The van der Waals surface area contributed by atoms with Gasteiger partial charge in [0, 0.05) is 24.0 Å². The molecule has 0 aliphatic carbocycles. The maximum Gasteiger partial charge on any atom is 0.229 e. The van der Waals surface area contributed by atoms with Crippen molar-refractivity contribution in [1.29, 1.82) is 0 Å². The fourth-order valence-electron chi connectivity index (χ4n) is 2.32. The number of benzene rings is 1. The Morgan fingerprint density at radius 2 is 1.83 bits per heavy atom. The van der Waals surface area contributed by atoms with Crippen molar-refractivity contribution in [2.45, 2.75) is 27.2 Å². The first-order chi connectivity index (χ1) is 10.9. The van der Waals surface area contributed by atoms with E-state index in [-0.39, 0.29) is 0 Å². The average Bonchev–Trinajstić information content (AvgIpc) is 2.47. The molecule has 0 spiro atoms. The lowest BCUT2D eigenvalue weighted by Crippen LogP contribution is -2.17. The molecule has 1 aromatic heterocycles. The minimum atomic E-state index is 0.633. The van der Waals surface area contributed by atoms with Gasteiger partial charge in [-0.2, -0.15) is 4.98 Å². The van der Waals surface area contributed by atoms with Gasteiger partial charge in [-0.25, -0.2) is 4.98 Å². The topological polar surface area (TPSA) is 53.1 Å². The van der Waals surface area contributed by atoms with Crippen LogP contribution in [0.25, 0.3) is 0 Å². The highest BCUT2D eigenvalue weighted by Gasteiger charge is 2.05. The minimum absolute atomic E-state index is 0.633. The van der Waals surface area contributed by atoms with Gasteiger partial charge in [-0.3, -0.25) is 0 Å². The standard InChI is InChI=1S/C18H27N5/c1-13-7-8-14(2)16(11-13)21-18-20-15(3)12-17(22-18)19-9-6-10-23(4)5/h7-8,11-12H,6,9-10H2,1-5H3,(H2,19,20,21,22). The van der Waals surface area contributed by atoms with E-state index in [1.54, 1.807) is 0 Å². The molecule has 2 rings (SSSR count). The molecule has 0 aliphatic rings. The van der Waals surface area contributed by atoms with Crippen LogP contribution in [-0.2, 0) is 0 Å². The van der Waals surface area contributed by atoms with Crippen LogP contribution in [0.15, 0.2) is 24.3 Å². The lowest BCUT2D eigenvalue weighted by Gasteiger charge is -2.13. The van der Waals surface area contributed by atoms with Crippen LogP contribution in [0.4, 0.5) is 17.5 Å². The highest BCUT2D eigenvalue weighted by Crippen LogP contribution is 2.20. The lowest BCUT2D eigenvalue weighted by molar-refractivity contribution is 0.405. The molecule has 0 radical (unpaired) electrons. The Kier molecular flexibility index (Phi) is 5.93. The number of nitrogens with zero attached hydrogens (tertiary/aromatic N) is 3. The van der Waals surface area contributed by atoms with E-state index in [9.17, 15) is 0 Å². The Balaban J connectivity index is 2.06. The van der Waals surface area contributed by atoms with Gasteiger partial charge >= 0.3 is 0 Å². The van der Waals surface area contributed by atoms with Gasteiger partial charge in [0.05, 0.1) is 0 Å². The Hall–Kier alpha value is -2.14. The van der Waals surface area contributed by atoms with Gasteiger partial charge in [-0.15, -0.1) is 0 Å². The normalized spacial score (nSPS) is 10.9. The van der Waals surface area contributed by atoms with Crippen LogP contribution in [0.3, 0.4) is 0 Å². The van der Waals surface area contributed by atoms with E-state index in [0.29, 0.717) is 5.95 Å². The van der Waals surface area contributed by atoms with Crippen LogP contribution in [-0.4, -0.2) is 42.1 Å². The summed E-state index contributed by atoms with van der Waals surface area (Å²) >= 11 is 0. The maximum atomic E-state index is 4.57. The Bertz CT molecular complexity index is 652. The maximum absolute atomic E-state index is 4.57. The zero-order chi connectivity index (χ0) is 16.8. The fraction of sp³-hybridized carbons (Fsp3) is 0.444. The Morgan fingerprint density at radius 1 is 1.04 bits per heavy atom. The van der Waals surface area contributed by atoms with E-state index in [2.05, 4.69) is 71.6 Å². The number of aryl methyl sites for hydroxylation is 3. The van der Waals surface area contributed by atoms with Crippen molar-refractivity contribution >= 4 is 17.5 Å². The molecule has 124 valence electrons. The first kappa shape index (κ1) is 17.2. The number of nitrogens with one attached hydrogen (secondary N) is 2. The molecule has 23 heavy (non-hydrogen) atoms. The summed E-state index contributed by atoms with van der Waals surface area (Å²) in [5.41, 5.74) is 4.39. The molecule has 5 nitrogen and oxygen atoms in total. The highest BCUT2D eigenvalue weighted by molar-refractivity contribution is 5.60. The molecule has 0 amide bonds. The van der Waals surface area contributed by atoms with Crippen LogP contribution in [0.2, 0.25) is 0 Å². The van der Waals surface area contributed by atoms with Crippen molar-refractivity contribution in [3.8, 4) is 0 Å². The van der Waals surface area contributed by atoms with E-state index >= 15 is 0 Å². The van der Waals surface area contributed by atoms with Crippen LogP contribution in [0.1, 0.15) is 23.2 Å². The number of hydrogen-bond donors (Lipinski definition) is 2. The van der Waals surface area contributed by atoms with Gasteiger partial charge in [0.25, 0.3) is 0 Å². The van der Waals surface area contributed by atoms with Crippen LogP contribution >= 0.6 is 0 Å². The SMILES string of the molecule is Cc1ccc(C)c(Nc2nc(C)cc(NCCCN(C)C)n2)c1. The summed E-state index contributed by atoms with van der Waals surface area (Å²) in [7, 11) is 4.17. The summed E-state index contributed by atoms with van der Waals surface area (Å²) in [6.07, 6.45) is 1.08. The predicted octanol–water partition coefficient (Wildman–Crippen LogP) is 3.51. The molecule has 0 saturated heterocycles. The van der Waals surface area contributed by atoms with E-state index < -0.39 is 0 Å². The first-order valence-electron chi connectivity index (χ1n) is 8.02. The van der Waals surface area contributed by atoms with Crippen LogP contribution < -0.4 is 10.6 Å². The molecule has 5 heteroatoms. The lowest BCUT2D eigenvalue weighted by atomic mass is 10.1. The van der Waals surface area contributed by atoms with Crippen molar-refractivity contribution in [2.24, 2.45) is 0 Å². The summed E-state index contributed by atoms with van der Waals surface area (Å²) in [5, 5.41) is 6.71. The number of anilines is 3. The molecule has 0 fully saturated rings. The largest absolute Gasteiger partial charge is 0.370 e. The second-order valence-electron chi connectivity index (χ2n) is 6.25. The highest BCUT2D eigenvalue weighted by atomic mass is 15.1. The molecule has 0 bridgehead atoms. The molecule has 0 saturated carbocycles. The Morgan fingerprint density at radius 3 is 2.57 bits per heavy atom.